The maximum Gasteiger partial charge on any atom is 0.291 e. The van der Waals surface area contributed by atoms with Crippen LogP contribution in [0.4, 0.5) is 0 Å². The van der Waals surface area contributed by atoms with E-state index in [0.717, 1.165) is 16.7 Å². The third kappa shape index (κ3) is 3.44. The van der Waals surface area contributed by atoms with Crippen LogP contribution >= 0.6 is 0 Å². The predicted octanol–water partition coefficient (Wildman–Crippen LogP) is 4.87. The first-order chi connectivity index (χ1) is 15.9. The monoisotopic (exact) mass is 441 g/mol. The van der Waals surface area contributed by atoms with Gasteiger partial charge in [0.2, 0.25) is 5.76 Å². The number of aryl methyl sites for hydroxylation is 2. The molecule has 0 saturated heterocycles. The van der Waals surface area contributed by atoms with Crippen LogP contribution in [0.5, 0.6) is 11.5 Å². The number of rotatable bonds is 4. The Hall–Kier alpha value is -4.06. The molecule has 5 rings (SSSR count). The van der Waals surface area contributed by atoms with Gasteiger partial charge in [0.25, 0.3) is 5.91 Å². The van der Waals surface area contributed by atoms with Gasteiger partial charge in [0.05, 0.1) is 24.1 Å². The Balaban J connectivity index is 1.73. The van der Waals surface area contributed by atoms with Crippen molar-refractivity contribution in [3.05, 3.63) is 104 Å². The average molecular weight is 441 g/mol. The van der Waals surface area contributed by atoms with Gasteiger partial charge in [-0.1, -0.05) is 47.5 Å². The molecule has 0 spiro atoms. The van der Waals surface area contributed by atoms with E-state index in [1.165, 1.54) is 13.2 Å². The molecule has 3 aromatic carbocycles. The minimum Gasteiger partial charge on any atom is -0.504 e. The van der Waals surface area contributed by atoms with Crippen molar-refractivity contribution < 1.29 is 19.1 Å². The van der Waals surface area contributed by atoms with Crippen molar-refractivity contribution in [3.63, 3.8) is 0 Å². The van der Waals surface area contributed by atoms with Crippen LogP contribution in [0.3, 0.4) is 0 Å². The third-order valence-corrected chi connectivity index (χ3v) is 6.11. The summed E-state index contributed by atoms with van der Waals surface area (Å²) in [5.74, 6) is -0.0375. The normalized spacial score (nSPS) is 15.2. The lowest BCUT2D eigenvalue weighted by Gasteiger charge is -2.25. The van der Waals surface area contributed by atoms with Crippen molar-refractivity contribution in [1.82, 2.24) is 4.90 Å². The highest BCUT2D eigenvalue weighted by Crippen LogP contribution is 2.41. The van der Waals surface area contributed by atoms with E-state index < -0.39 is 6.04 Å². The fourth-order valence-electron chi connectivity index (χ4n) is 4.40. The fraction of sp³-hybridized carbons (Fsp3) is 0.185. The van der Waals surface area contributed by atoms with Crippen LogP contribution in [-0.4, -0.2) is 23.0 Å². The predicted molar refractivity (Wildman–Crippen MR) is 125 cm³/mol. The number of hydrogen-bond acceptors (Lipinski definition) is 5. The minimum absolute atomic E-state index is 0.0166. The quantitative estimate of drug-likeness (QED) is 0.489. The number of aromatic hydroxyl groups is 1. The van der Waals surface area contributed by atoms with Crippen LogP contribution in [0, 0.1) is 13.8 Å². The highest BCUT2D eigenvalue weighted by Gasteiger charge is 2.43. The Morgan fingerprint density at radius 2 is 1.70 bits per heavy atom. The molecule has 1 atom stereocenters. The van der Waals surface area contributed by atoms with Gasteiger partial charge in [-0.05, 0) is 49.2 Å². The summed E-state index contributed by atoms with van der Waals surface area (Å²) in [4.78, 5) is 28.8. The van der Waals surface area contributed by atoms with Crippen LogP contribution in [0.1, 0.15) is 44.4 Å². The summed E-state index contributed by atoms with van der Waals surface area (Å²) in [5, 5.41) is 10.5. The zero-order valence-corrected chi connectivity index (χ0v) is 18.6. The van der Waals surface area contributed by atoms with Crippen LogP contribution in [0.25, 0.3) is 11.0 Å². The molecule has 1 N–H and O–H groups in total. The smallest absolute Gasteiger partial charge is 0.291 e. The Morgan fingerprint density at radius 3 is 2.42 bits per heavy atom. The third-order valence-electron chi connectivity index (χ3n) is 6.11. The second kappa shape index (κ2) is 7.81. The summed E-state index contributed by atoms with van der Waals surface area (Å²) < 4.78 is 11.3. The van der Waals surface area contributed by atoms with Crippen LogP contribution in [-0.2, 0) is 6.54 Å². The Morgan fingerprint density at radius 1 is 0.970 bits per heavy atom. The van der Waals surface area contributed by atoms with Crippen molar-refractivity contribution in [2.24, 2.45) is 0 Å². The van der Waals surface area contributed by atoms with Crippen molar-refractivity contribution in [1.29, 1.82) is 0 Å². The minimum atomic E-state index is -0.676. The second-order valence-electron chi connectivity index (χ2n) is 8.43. The molecule has 0 bridgehead atoms. The lowest BCUT2D eigenvalue weighted by molar-refractivity contribution is 0.0714. The van der Waals surface area contributed by atoms with Crippen LogP contribution in [0.2, 0.25) is 0 Å². The number of ether oxygens (including phenoxy) is 1. The van der Waals surface area contributed by atoms with Crippen molar-refractivity contribution >= 4 is 16.9 Å². The molecule has 33 heavy (non-hydrogen) atoms. The molecule has 6 nitrogen and oxygen atoms in total. The van der Waals surface area contributed by atoms with Gasteiger partial charge in [0.15, 0.2) is 16.9 Å². The fourth-order valence-corrected chi connectivity index (χ4v) is 4.40. The maximum atomic E-state index is 13.6. The summed E-state index contributed by atoms with van der Waals surface area (Å²) in [5.41, 5.74) is 4.10. The summed E-state index contributed by atoms with van der Waals surface area (Å²) in [6.07, 6.45) is 0. The van der Waals surface area contributed by atoms with Crippen molar-refractivity contribution in [2.75, 3.05) is 7.11 Å². The van der Waals surface area contributed by atoms with E-state index in [-0.39, 0.29) is 28.6 Å². The van der Waals surface area contributed by atoms with Gasteiger partial charge in [0.1, 0.15) is 5.58 Å². The highest BCUT2D eigenvalue weighted by atomic mass is 16.5. The molecule has 4 aromatic rings. The number of benzene rings is 3. The SMILES string of the molecule is COc1cc([C@@H]2c3c(oc4ccc(C)cc4c3=O)C(=O)N2Cc2ccc(C)cc2)ccc1O. The van der Waals surface area contributed by atoms with E-state index in [0.29, 0.717) is 28.6 Å². The van der Waals surface area contributed by atoms with E-state index in [1.807, 2.05) is 44.2 Å². The van der Waals surface area contributed by atoms with E-state index in [2.05, 4.69) is 0 Å². The topological polar surface area (TPSA) is 80.0 Å². The van der Waals surface area contributed by atoms with Gasteiger partial charge in [-0.15, -0.1) is 0 Å². The van der Waals surface area contributed by atoms with Crippen LogP contribution < -0.4 is 10.2 Å². The molecule has 1 aliphatic rings. The Labute approximate surface area is 190 Å². The number of carbonyl (C=O) groups is 1. The molecule has 2 heterocycles. The molecule has 1 aliphatic heterocycles. The number of nitrogens with zero attached hydrogens (tertiary/aromatic N) is 1. The molecule has 1 amide bonds. The van der Waals surface area contributed by atoms with E-state index in [9.17, 15) is 14.7 Å². The molecule has 6 heteroatoms. The first-order valence-electron chi connectivity index (χ1n) is 10.7. The second-order valence-corrected chi connectivity index (χ2v) is 8.43. The van der Waals surface area contributed by atoms with Gasteiger partial charge >= 0.3 is 0 Å². The molecule has 0 unspecified atom stereocenters. The number of hydrogen-bond donors (Lipinski definition) is 1. The largest absolute Gasteiger partial charge is 0.504 e. The Kier molecular flexibility index (Phi) is 4.93. The Bertz CT molecular complexity index is 1450. The number of carbonyl (C=O) groups excluding carboxylic acids is 1. The number of amides is 1. The molecule has 0 saturated carbocycles. The van der Waals surface area contributed by atoms with E-state index in [1.54, 1.807) is 29.2 Å². The number of methoxy groups -OCH3 is 1. The molecule has 0 radical (unpaired) electrons. The van der Waals surface area contributed by atoms with E-state index >= 15 is 0 Å². The first kappa shape index (κ1) is 20.8. The summed E-state index contributed by atoms with van der Waals surface area (Å²) >= 11 is 0. The maximum absolute atomic E-state index is 13.6. The number of phenols is 1. The number of fused-ring (bicyclic) bond motifs is 2. The van der Waals surface area contributed by atoms with Crippen molar-refractivity contribution in [3.8, 4) is 11.5 Å². The van der Waals surface area contributed by atoms with Gasteiger partial charge in [0, 0.05) is 6.54 Å². The van der Waals surface area contributed by atoms with Gasteiger partial charge in [-0.2, -0.15) is 0 Å². The zero-order chi connectivity index (χ0) is 23.3. The zero-order valence-electron chi connectivity index (χ0n) is 18.6. The van der Waals surface area contributed by atoms with E-state index in [4.69, 9.17) is 9.15 Å². The first-order valence-corrected chi connectivity index (χ1v) is 10.7. The molecule has 166 valence electrons. The van der Waals surface area contributed by atoms with Crippen molar-refractivity contribution in [2.45, 2.75) is 26.4 Å². The molecular formula is C27H23NO5. The summed E-state index contributed by atoms with van der Waals surface area (Å²) in [6.45, 7) is 4.21. The molecule has 0 fully saturated rings. The summed E-state index contributed by atoms with van der Waals surface area (Å²) in [7, 11) is 1.46. The molecule has 0 aliphatic carbocycles. The van der Waals surface area contributed by atoms with Gasteiger partial charge in [-0.3, -0.25) is 9.59 Å². The summed E-state index contributed by atoms with van der Waals surface area (Å²) in [6, 6.07) is 17.5. The lowest BCUT2D eigenvalue weighted by atomic mass is 9.97. The standard InChI is InChI=1S/C27H23NO5/c1-15-4-7-17(8-5-15)14-28-24(18-9-10-20(29)22(13-18)32-3)23-25(30)19-12-16(2)6-11-21(19)33-26(23)27(28)31/h4-13,24,29H,14H2,1-3H3/t24-/m1/s1. The molecule has 1 aromatic heterocycles. The van der Waals surface area contributed by atoms with Crippen LogP contribution in [0.15, 0.2) is 69.9 Å². The molecular weight excluding hydrogens is 418 g/mol. The number of phenolic OH excluding ortho intramolecular Hbond substituents is 1. The lowest BCUT2D eigenvalue weighted by Crippen LogP contribution is -2.29. The van der Waals surface area contributed by atoms with Gasteiger partial charge < -0.3 is 19.2 Å². The highest BCUT2D eigenvalue weighted by molar-refractivity contribution is 5.99. The average Bonchev–Trinajstić information content (AvgIpc) is 3.08. The van der Waals surface area contributed by atoms with Gasteiger partial charge in [-0.25, -0.2) is 0 Å².